The standard InChI is InChI=1S/C16H22BF3NO4.K/c1-16(2,3)25-15(23)21(11-17(18,19)20)13(14(22)24-4)10-12-8-6-5-7-9-12;/h5-9,13H,10-11H2,1-4H3;/q-1;+1/t13-;/m0./s1. The van der Waals surface area contributed by atoms with Gasteiger partial charge in [-0.25, -0.2) is 9.59 Å². The smallest absolute Gasteiger partial charge is 0.467 e. The number of benzene rings is 1. The summed E-state index contributed by atoms with van der Waals surface area (Å²) in [5.41, 5.74) is -0.400. The fourth-order valence-electron chi connectivity index (χ4n) is 2.17. The normalized spacial score (nSPS) is 12.6. The zero-order valence-electron chi connectivity index (χ0n) is 15.7. The van der Waals surface area contributed by atoms with Crippen LogP contribution < -0.4 is 51.4 Å². The van der Waals surface area contributed by atoms with Crippen LogP contribution in [0, 0.1) is 0 Å². The van der Waals surface area contributed by atoms with E-state index in [1.54, 1.807) is 30.3 Å². The van der Waals surface area contributed by atoms with Gasteiger partial charge in [0.15, 0.2) is 0 Å². The summed E-state index contributed by atoms with van der Waals surface area (Å²) in [5, 5.41) is 0. The van der Waals surface area contributed by atoms with Crippen LogP contribution in [0.2, 0.25) is 0 Å². The first-order valence-electron chi connectivity index (χ1n) is 7.75. The molecular weight excluding hydrogens is 377 g/mol. The molecule has 1 aromatic carbocycles. The number of rotatable bonds is 6. The summed E-state index contributed by atoms with van der Waals surface area (Å²) in [7, 11) is 1.06. The minimum absolute atomic E-state index is 0. The first-order valence-corrected chi connectivity index (χ1v) is 7.75. The van der Waals surface area contributed by atoms with Crippen LogP contribution in [0.15, 0.2) is 30.3 Å². The number of carbonyl (C=O) groups excluding carboxylic acids is 2. The maximum absolute atomic E-state index is 13.0. The molecule has 0 bridgehead atoms. The van der Waals surface area contributed by atoms with Crippen molar-refractivity contribution in [2.75, 3.05) is 13.6 Å². The Bertz CT molecular complexity index is 593. The molecule has 1 amide bonds. The van der Waals surface area contributed by atoms with Gasteiger partial charge < -0.3 is 27.3 Å². The molecule has 0 spiro atoms. The molecule has 0 saturated heterocycles. The van der Waals surface area contributed by atoms with Crippen LogP contribution in [0.1, 0.15) is 26.3 Å². The molecule has 5 nitrogen and oxygen atoms in total. The van der Waals surface area contributed by atoms with Gasteiger partial charge in [0.2, 0.25) is 0 Å². The number of amides is 1. The van der Waals surface area contributed by atoms with Crippen LogP contribution in [0.25, 0.3) is 0 Å². The zero-order valence-corrected chi connectivity index (χ0v) is 18.8. The summed E-state index contributed by atoms with van der Waals surface area (Å²) in [4.78, 5) is 24.8. The first kappa shape index (κ1) is 25.5. The monoisotopic (exact) mass is 399 g/mol. The van der Waals surface area contributed by atoms with E-state index in [4.69, 9.17) is 4.74 Å². The Hall–Kier alpha value is -0.549. The van der Waals surface area contributed by atoms with E-state index in [1.807, 2.05) is 0 Å². The number of carbonyl (C=O) groups is 2. The average molecular weight is 399 g/mol. The molecule has 0 radical (unpaired) electrons. The molecule has 0 aromatic heterocycles. The van der Waals surface area contributed by atoms with Gasteiger partial charge >= 0.3 is 70.4 Å². The molecule has 0 aliphatic carbocycles. The first-order chi connectivity index (χ1) is 11.4. The van der Waals surface area contributed by atoms with Gasteiger partial charge in [0, 0.05) is 6.42 Å². The third-order valence-corrected chi connectivity index (χ3v) is 3.15. The molecule has 1 rings (SSSR count). The molecule has 1 aromatic rings. The SMILES string of the molecule is COC(=O)[C@H](Cc1ccccc1)N(C[B-](F)(F)F)C(=O)OC(C)(C)C.[K+]. The van der Waals surface area contributed by atoms with Gasteiger partial charge in [-0.05, 0) is 32.8 Å². The molecule has 0 fully saturated rings. The van der Waals surface area contributed by atoms with E-state index in [0.717, 1.165) is 7.11 Å². The fourth-order valence-corrected chi connectivity index (χ4v) is 2.17. The second-order valence-electron chi connectivity index (χ2n) is 6.57. The van der Waals surface area contributed by atoms with Crippen LogP contribution in [0.4, 0.5) is 17.7 Å². The molecule has 140 valence electrons. The molecule has 0 unspecified atom stereocenters. The third-order valence-electron chi connectivity index (χ3n) is 3.15. The van der Waals surface area contributed by atoms with Crippen molar-refractivity contribution in [1.29, 1.82) is 0 Å². The van der Waals surface area contributed by atoms with E-state index < -0.39 is 37.1 Å². The molecule has 0 heterocycles. The molecule has 10 heteroatoms. The quantitative estimate of drug-likeness (QED) is 0.514. The number of esters is 1. The van der Waals surface area contributed by atoms with Crippen molar-refractivity contribution in [2.45, 2.75) is 38.8 Å². The summed E-state index contributed by atoms with van der Waals surface area (Å²) in [6.07, 6.45) is -2.88. The van der Waals surface area contributed by atoms with Crippen molar-refractivity contribution < 1.29 is 83.4 Å². The van der Waals surface area contributed by atoms with Crippen molar-refractivity contribution in [3.05, 3.63) is 35.9 Å². The third kappa shape index (κ3) is 9.41. The average Bonchev–Trinajstić information content (AvgIpc) is 2.48. The van der Waals surface area contributed by atoms with Gasteiger partial charge in [-0.2, -0.15) is 0 Å². The Labute approximate surface area is 194 Å². The summed E-state index contributed by atoms with van der Waals surface area (Å²) in [5.74, 6) is -0.935. The number of ether oxygens (including phenoxy) is 2. The van der Waals surface area contributed by atoms with Crippen LogP contribution in [0.3, 0.4) is 0 Å². The van der Waals surface area contributed by atoms with E-state index in [9.17, 15) is 22.5 Å². The summed E-state index contributed by atoms with van der Waals surface area (Å²) >= 11 is 0. The van der Waals surface area contributed by atoms with E-state index in [0.29, 0.717) is 10.5 Å². The predicted molar refractivity (Wildman–Crippen MR) is 88.0 cm³/mol. The van der Waals surface area contributed by atoms with Gasteiger partial charge in [-0.15, -0.1) is 0 Å². The van der Waals surface area contributed by atoms with Crippen LogP contribution in [-0.4, -0.2) is 49.1 Å². The molecule has 0 aliphatic rings. The Morgan fingerprint density at radius 1 is 1.15 bits per heavy atom. The van der Waals surface area contributed by atoms with Crippen LogP contribution in [-0.2, 0) is 20.7 Å². The fraction of sp³-hybridized carbons (Fsp3) is 0.500. The predicted octanol–water partition coefficient (Wildman–Crippen LogP) is 0.398. The number of halogens is 3. The Balaban J connectivity index is 0.00000625. The van der Waals surface area contributed by atoms with Gasteiger partial charge in [0.1, 0.15) is 11.6 Å². The minimum Gasteiger partial charge on any atom is -0.467 e. The van der Waals surface area contributed by atoms with Crippen LogP contribution >= 0.6 is 0 Å². The number of hydrogen-bond donors (Lipinski definition) is 0. The minimum atomic E-state index is -5.36. The molecular formula is C16H22BF3KNO4. The topological polar surface area (TPSA) is 55.8 Å². The molecule has 26 heavy (non-hydrogen) atoms. The van der Waals surface area contributed by atoms with E-state index in [2.05, 4.69) is 4.74 Å². The van der Waals surface area contributed by atoms with Crippen molar-refractivity contribution in [3.63, 3.8) is 0 Å². The van der Waals surface area contributed by atoms with E-state index >= 15 is 0 Å². The van der Waals surface area contributed by atoms with Crippen molar-refractivity contribution in [1.82, 2.24) is 4.90 Å². The molecule has 0 saturated carbocycles. The molecule has 0 aliphatic heterocycles. The molecule has 1 atom stereocenters. The summed E-state index contributed by atoms with van der Waals surface area (Å²) in [6, 6.07) is 6.99. The zero-order chi connectivity index (χ0) is 19.3. The van der Waals surface area contributed by atoms with E-state index in [1.165, 1.54) is 20.8 Å². The number of methoxy groups -OCH3 is 1. The maximum atomic E-state index is 13.0. The van der Waals surface area contributed by atoms with Gasteiger partial charge in [0.25, 0.3) is 0 Å². The Morgan fingerprint density at radius 3 is 2.12 bits per heavy atom. The van der Waals surface area contributed by atoms with Gasteiger partial charge in [0.05, 0.1) is 7.11 Å². The maximum Gasteiger partial charge on any atom is 1.00 e. The second-order valence-corrected chi connectivity index (χ2v) is 6.57. The van der Waals surface area contributed by atoms with Gasteiger partial charge in [-0.1, -0.05) is 30.3 Å². The largest absolute Gasteiger partial charge is 1.00 e. The van der Waals surface area contributed by atoms with E-state index in [-0.39, 0.29) is 57.8 Å². The summed E-state index contributed by atoms with van der Waals surface area (Å²) in [6.45, 7) is -0.761. The van der Waals surface area contributed by atoms with Gasteiger partial charge in [-0.3, -0.25) is 0 Å². The van der Waals surface area contributed by atoms with Crippen molar-refractivity contribution in [2.24, 2.45) is 0 Å². The number of hydrogen-bond acceptors (Lipinski definition) is 4. The number of nitrogens with zero attached hydrogens (tertiary/aromatic N) is 1. The van der Waals surface area contributed by atoms with Crippen molar-refractivity contribution in [3.8, 4) is 0 Å². The van der Waals surface area contributed by atoms with Crippen molar-refractivity contribution >= 4 is 19.0 Å². The van der Waals surface area contributed by atoms with Crippen LogP contribution in [0.5, 0.6) is 0 Å². The Morgan fingerprint density at radius 2 is 1.69 bits per heavy atom. The second kappa shape index (κ2) is 10.7. The molecule has 0 N–H and O–H groups in total. The summed E-state index contributed by atoms with van der Waals surface area (Å²) < 4.78 is 48.7. The Kier molecular flexibility index (Phi) is 10.5.